The van der Waals surface area contributed by atoms with Crippen LogP contribution >= 0.6 is 8.38 Å². The highest BCUT2D eigenvalue weighted by Crippen LogP contribution is 2.24. The summed E-state index contributed by atoms with van der Waals surface area (Å²) in [6, 6.07) is 10.1. The minimum absolute atomic E-state index is 0.518. The van der Waals surface area contributed by atoms with E-state index in [-0.39, 0.29) is 0 Å². The van der Waals surface area contributed by atoms with Gasteiger partial charge in [0.05, 0.1) is 0 Å². The summed E-state index contributed by atoms with van der Waals surface area (Å²) in [6.07, 6.45) is 2.30. The number of rotatable bonds is 4. The fourth-order valence-electron chi connectivity index (χ4n) is 1.07. The standard InChI is InChI=1S/C9H13O2P/c10-12(11)8-4-7-9-5-2-1-3-6-9/h1-3,5-6,10-11H,4,7-8H2. The molecule has 0 unspecified atom stereocenters. The third kappa shape index (κ3) is 3.82. The van der Waals surface area contributed by atoms with Crippen LogP contribution in [0.2, 0.25) is 0 Å². The minimum Gasteiger partial charge on any atom is -0.350 e. The second kappa shape index (κ2) is 5.26. The molecule has 0 amide bonds. The number of benzene rings is 1. The van der Waals surface area contributed by atoms with E-state index in [9.17, 15) is 0 Å². The quantitative estimate of drug-likeness (QED) is 0.702. The maximum absolute atomic E-state index is 8.65. The zero-order valence-electron chi connectivity index (χ0n) is 6.85. The van der Waals surface area contributed by atoms with Crippen molar-refractivity contribution >= 4 is 8.38 Å². The van der Waals surface area contributed by atoms with Crippen molar-refractivity contribution in [2.75, 3.05) is 6.16 Å². The van der Waals surface area contributed by atoms with E-state index in [0.717, 1.165) is 12.8 Å². The molecule has 2 nitrogen and oxygen atoms in total. The first-order valence-electron chi connectivity index (χ1n) is 3.98. The Morgan fingerprint density at radius 2 is 1.75 bits per heavy atom. The molecular weight excluding hydrogens is 171 g/mol. The van der Waals surface area contributed by atoms with Crippen LogP contribution in [0.3, 0.4) is 0 Å². The molecule has 66 valence electrons. The van der Waals surface area contributed by atoms with Gasteiger partial charge < -0.3 is 9.79 Å². The van der Waals surface area contributed by atoms with Gasteiger partial charge in [0.2, 0.25) is 0 Å². The van der Waals surface area contributed by atoms with Gasteiger partial charge in [-0.25, -0.2) is 0 Å². The second-order valence-electron chi connectivity index (χ2n) is 2.69. The van der Waals surface area contributed by atoms with Crippen molar-refractivity contribution in [2.45, 2.75) is 12.8 Å². The molecule has 0 bridgehead atoms. The van der Waals surface area contributed by atoms with Gasteiger partial charge in [-0.15, -0.1) is 0 Å². The summed E-state index contributed by atoms with van der Waals surface area (Å²) < 4.78 is 0. The molecule has 0 heterocycles. The predicted molar refractivity (Wildman–Crippen MR) is 51.0 cm³/mol. The summed E-state index contributed by atoms with van der Waals surface area (Å²) in [7, 11) is -1.70. The summed E-state index contributed by atoms with van der Waals surface area (Å²) in [6.45, 7) is 0. The van der Waals surface area contributed by atoms with Crippen LogP contribution in [0.15, 0.2) is 30.3 Å². The highest BCUT2D eigenvalue weighted by Gasteiger charge is 1.98. The first-order chi connectivity index (χ1) is 5.79. The molecule has 1 aromatic rings. The number of hydrogen-bond acceptors (Lipinski definition) is 2. The summed E-state index contributed by atoms with van der Waals surface area (Å²) in [4.78, 5) is 17.3. The van der Waals surface area contributed by atoms with Gasteiger partial charge in [0.1, 0.15) is 0 Å². The van der Waals surface area contributed by atoms with E-state index in [1.165, 1.54) is 5.56 Å². The zero-order valence-corrected chi connectivity index (χ0v) is 7.74. The minimum atomic E-state index is -1.70. The van der Waals surface area contributed by atoms with E-state index in [1.54, 1.807) is 0 Å². The van der Waals surface area contributed by atoms with Crippen molar-refractivity contribution in [1.82, 2.24) is 0 Å². The fraction of sp³-hybridized carbons (Fsp3) is 0.333. The molecular formula is C9H13O2P. The van der Waals surface area contributed by atoms with Gasteiger partial charge in [0, 0.05) is 6.16 Å². The summed E-state index contributed by atoms with van der Waals surface area (Å²) in [5, 5.41) is 0. The highest BCUT2D eigenvalue weighted by atomic mass is 31.2. The van der Waals surface area contributed by atoms with E-state index >= 15 is 0 Å². The molecule has 1 aromatic carbocycles. The van der Waals surface area contributed by atoms with Crippen LogP contribution in [-0.4, -0.2) is 15.9 Å². The molecule has 0 aliphatic rings. The lowest BCUT2D eigenvalue weighted by Crippen LogP contribution is -1.88. The van der Waals surface area contributed by atoms with Crippen LogP contribution in [0.1, 0.15) is 12.0 Å². The molecule has 3 heteroatoms. The van der Waals surface area contributed by atoms with Crippen molar-refractivity contribution in [3.63, 3.8) is 0 Å². The van der Waals surface area contributed by atoms with Gasteiger partial charge in [0.15, 0.2) is 8.38 Å². The Morgan fingerprint density at radius 1 is 1.08 bits per heavy atom. The van der Waals surface area contributed by atoms with Crippen LogP contribution in [0.4, 0.5) is 0 Å². The zero-order chi connectivity index (χ0) is 8.81. The third-order valence-electron chi connectivity index (χ3n) is 1.67. The monoisotopic (exact) mass is 184 g/mol. The maximum Gasteiger partial charge on any atom is 0.164 e. The third-order valence-corrected chi connectivity index (χ3v) is 2.38. The van der Waals surface area contributed by atoms with E-state index < -0.39 is 8.38 Å². The Labute approximate surface area is 73.8 Å². The Kier molecular flexibility index (Phi) is 4.23. The predicted octanol–water partition coefficient (Wildman–Crippen LogP) is 1.92. The van der Waals surface area contributed by atoms with Gasteiger partial charge in [-0.05, 0) is 18.4 Å². The van der Waals surface area contributed by atoms with Crippen molar-refractivity contribution in [3.05, 3.63) is 35.9 Å². The van der Waals surface area contributed by atoms with Crippen molar-refractivity contribution < 1.29 is 9.79 Å². The smallest absolute Gasteiger partial charge is 0.164 e. The molecule has 1 rings (SSSR count). The van der Waals surface area contributed by atoms with E-state index in [4.69, 9.17) is 9.79 Å². The molecule has 2 N–H and O–H groups in total. The first kappa shape index (κ1) is 9.66. The second-order valence-corrected chi connectivity index (χ2v) is 3.88. The molecule has 0 aliphatic carbocycles. The van der Waals surface area contributed by atoms with Gasteiger partial charge in [-0.1, -0.05) is 30.3 Å². The van der Waals surface area contributed by atoms with Crippen molar-refractivity contribution in [1.29, 1.82) is 0 Å². The number of aryl methyl sites for hydroxylation is 1. The van der Waals surface area contributed by atoms with Crippen LogP contribution in [0.5, 0.6) is 0 Å². The lowest BCUT2D eigenvalue weighted by molar-refractivity contribution is 0.480. The molecule has 0 spiro atoms. The SMILES string of the molecule is OP(O)CCCc1ccccc1. The molecule has 0 atom stereocenters. The lowest BCUT2D eigenvalue weighted by atomic mass is 10.1. The van der Waals surface area contributed by atoms with Gasteiger partial charge in [0.25, 0.3) is 0 Å². The summed E-state index contributed by atoms with van der Waals surface area (Å²) in [5.41, 5.74) is 1.26. The molecule has 0 fully saturated rings. The maximum atomic E-state index is 8.65. The van der Waals surface area contributed by atoms with Gasteiger partial charge >= 0.3 is 0 Å². The Bertz CT molecular complexity index is 211. The molecule has 0 saturated carbocycles. The summed E-state index contributed by atoms with van der Waals surface area (Å²) in [5.74, 6) is 0. The Balaban J connectivity index is 2.25. The molecule has 0 aromatic heterocycles. The fourth-order valence-corrected chi connectivity index (χ4v) is 1.51. The van der Waals surface area contributed by atoms with Crippen LogP contribution in [0.25, 0.3) is 0 Å². The summed E-state index contributed by atoms with van der Waals surface area (Å²) >= 11 is 0. The highest BCUT2D eigenvalue weighted by molar-refractivity contribution is 7.45. The van der Waals surface area contributed by atoms with Gasteiger partial charge in [-0.2, -0.15) is 0 Å². The average molecular weight is 184 g/mol. The van der Waals surface area contributed by atoms with Crippen LogP contribution in [0, 0.1) is 0 Å². The molecule has 0 saturated heterocycles. The Morgan fingerprint density at radius 3 is 2.33 bits per heavy atom. The topological polar surface area (TPSA) is 40.5 Å². The Hall–Kier alpha value is -0.430. The molecule has 0 radical (unpaired) electrons. The van der Waals surface area contributed by atoms with E-state index in [1.807, 2.05) is 18.2 Å². The van der Waals surface area contributed by atoms with Gasteiger partial charge in [-0.3, -0.25) is 0 Å². The molecule has 12 heavy (non-hydrogen) atoms. The van der Waals surface area contributed by atoms with E-state index in [0.29, 0.717) is 6.16 Å². The number of hydrogen-bond donors (Lipinski definition) is 2. The average Bonchev–Trinajstić information content (AvgIpc) is 2.05. The normalized spacial score (nSPS) is 10.6. The van der Waals surface area contributed by atoms with Crippen LogP contribution < -0.4 is 0 Å². The largest absolute Gasteiger partial charge is 0.350 e. The van der Waals surface area contributed by atoms with Crippen molar-refractivity contribution in [2.24, 2.45) is 0 Å². The van der Waals surface area contributed by atoms with Crippen molar-refractivity contribution in [3.8, 4) is 0 Å². The molecule has 0 aliphatic heterocycles. The van der Waals surface area contributed by atoms with E-state index in [2.05, 4.69) is 12.1 Å². The van der Waals surface area contributed by atoms with Crippen LogP contribution in [-0.2, 0) is 6.42 Å². The lowest BCUT2D eigenvalue weighted by Gasteiger charge is -2.01. The first-order valence-corrected chi connectivity index (χ1v) is 5.41.